The minimum Gasteiger partial charge on any atom is -0.439 e. The smallest absolute Gasteiger partial charge is 0.219 e. The number of H-pyrrole nitrogens is 1. The van der Waals surface area contributed by atoms with Crippen LogP contribution in [0.2, 0.25) is 0 Å². The van der Waals surface area contributed by atoms with E-state index in [1.54, 1.807) is 42.9 Å². The molecule has 0 aliphatic heterocycles. The number of aromatic nitrogens is 4. The fraction of sp³-hybridized carbons (Fsp3) is 0. The van der Waals surface area contributed by atoms with Crippen molar-refractivity contribution in [2.45, 2.75) is 0 Å². The van der Waals surface area contributed by atoms with Gasteiger partial charge in [-0.15, -0.1) is 0 Å². The number of anilines is 2. The number of rotatable bonds is 6. The Balaban J connectivity index is 1.35. The molecule has 3 aromatic heterocycles. The number of aromatic amines is 1. The average Bonchev–Trinajstić information content (AvgIpc) is 3.24. The fourth-order valence-electron chi connectivity index (χ4n) is 3.44. The maximum Gasteiger partial charge on any atom is 0.219 e. The number of halogens is 1. The van der Waals surface area contributed by atoms with Crippen molar-refractivity contribution in [2.24, 2.45) is 0 Å². The van der Waals surface area contributed by atoms with Crippen LogP contribution in [-0.4, -0.2) is 20.2 Å². The highest BCUT2D eigenvalue weighted by molar-refractivity contribution is 5.95. The molecule has 8 heteroatoms. The first-order valence-electron chi connectivity index (χ1n) is 10.1. The highest BCUT2D eigenvalue weighted by Crippen LogP contribution is 2.29. The van der Waals surface area contributed by atoms with Gasteiger partial charge in [-0.25, -0.2) is 9.37 Å². The van der Waals surface area contributed by atoms with Gasteiger partial charge in [0, 0.05) is 35.5 Å². The zero-order valence-corrected chi connectivity index (χ0v) is 17.4. The van der Waals surface area contributed by atoms with E-state index in [4.69, 9.17) is 10.5 Å². The molecular formula is C25H19FN6O. The monoisotopic (exact) mass is 438 g/mol. The number of nitrogens with one attached hydrogen (secondary N) is 2. The van der Waals surface area contributed by atoms with Crippen molar-refractivity contribution in [3.05, 3.63) is 97.3 Å². The second-order valence-corrected chi connectivity index (χ2v) is 7.39. The van der Waals surface area contributed by atoms with Crippen LogP contribution < -0.4 is 15.8 Å². The molecule has 0 spiro atoms. The van der Waals surface area contributed by atoms with Gasteiger partial charge in [0.05, 0.1) is 28.8 Å². The molecule has 0 fully saturated rings. The van der Waals surface area contributed by atoms with E-state index in [1.807, 2.05) is 24.3 Å². The summed E-state index contributed by atoms with van der Waals surface area (Å²) in [7, 11) is 0. The third kappa shape index (κ3) is 4.35. The normalized spacial score (nSPS) is 10.8. The van der Waals surface area contributed by atoms with E-state index in [1.165, 1.54) is 12.1 Å². The Morgan fingerprint density at radius 3 is 2.70 bits per heavy atom. The molecule has 3 heterocycles. The number of pyridine rings is 2. The predicted molar refractivity (Wildman–Crippen MR) is 127 cm³/mol. The molecule has 4 N–H and O–H groups in total. The number of nitrogens with two attached hydrogens (primary N) is 1. The number of nitrogen functional groups attached to an aromatic ring is 1. The van der Waals surface area contributed by atoms with Gasteiger partial charge < -0.3 is 15.8 Å². The summed E-state index contributed by atoms with van der Waals surface area (Å²) in [6, 6.07) is 17.2. The van der Waals surface area contributed by atoms with Crippen LogP contribution in [0.15, 0.2) is 85.8 Å². The Hall–Kier alpha value is -4.72. The molecule has 0 bridgehead atoms. The lowest BCUT2D eigenvalue weighted by molar-refractivity contribution is 0.458. The van der Waals surface area contributed by atoms with Crippen LogP contribution in [0.25, 0.3) is 27.7 Å². The van der Waals surface area contributed by atoms with Crippen molar-refractivity contribution in [1.29, 1.82) is 0 Å². The van der Waals surface area contributed by atoms with Crippen LogP contribution in [0.5, 0.6) is 11.6 Å². The Morgan fingerprint density at radius 2 is 1.91 bits per heavy atom. The molecule has 7 nitrogen and oxygen atoms in total. The first-order chi connectivity index (χ1) is 16.0. The summed E-state index contributed by atoms with van der Waals surface area (Å²) in [5.74, 6) is 0.354. The number of ether oxygens (including phenoxy) is 1. The third-order valence-corrected chi connectivity index (χ3v) is 4.99. The lowest BCUT2D eigenvalue weighted by atomic mass is 10.0. The van der Waals surface area contributed by atoms with Crippen LogP contribution in [0.1, 0.15) is 5.69 Å². The van der Waals surface area contributed by atoms with Gasteiger partial charge >= 0.3 is 0 Å². The largest absolute Gasteiger partial charge is 0.439 e. The molecule has 0 radical (unpaired) electrons. The molecule has 162 valence electrons. The molecule has 0 atom stereocenters. The molecule has 0 saturated heterocycles. The summed E-state index contributed by atoms with van der Waals surface area (Å²) in [5, 5.41) is 11.6. The molecule has 0 aliphatic carbocycles. The molecular weight excluding hydrogens is 419 g/mol. The van der Waals surface area contributed by atoms with Crippen molar-refractivity contribution in [1.82, 2.24) is 20.2 Å². The first-order valence-corrected chi connectivity index (χ1v) is 10.1. The summed E-state index contributed by atoms with van der Waals surface area (Å²) in [6.45, 7) is 4.13. The summed E-state index contributed by atoms with van der Waals surface area (Å²) >= 11 is 0. The van der Waals surface area contributed by atoms with Crippen molar-refractivity contribution in [3.8, 4) is 22.8 Å². The Morgan fingerprint density at radius 1 is 1.00 bits per heavy atom. The van der Waals surface area contributed by atoms with Crippen LogP contribution in [0.4, 0.5) is 15.8 Å². The molecule has 0 aliphatic rings. The average molecular weight is 438 g/mol. The van der Waals surface area contributed by atoms with E-state index in [0.29, 0.717) is 34.4 Å². The zero-order valence-electron chi connectivity index (χ0n) is 17.4. The van der Waals surface area contributed by atoms with Gasteiger partial charge in [0.1, 0.15) is 17.3 Å². The van der Waals surface area contributed by atoms with Crippen molar-refractivity contribution >= 4 is 28.0 Å². The van der Waals surface area contributed by atoms with Gasteiger partial charge in [-0.05, 0) is 42.0 Å². The van der Waals surface area contributed by atoms with Gasteiger partial charge in [-0.2, -0.15) is 5.10 Å². The van der Waals surface area contributed by atoms with Crippen molar-refractivity contribution in [3.63, 3.8) is 0 Å². The van der Waals surface area contributed by atoms with Gasteiger partial charge in [0.15, 0.2) is 0 Å². The van der Waals surface area contributed by atoms with Gasteiger partial charge in [-0.1, -0.05) is 18.7 Å². The number of hydrogen-bond donors (Lipinski definition) is 3. The Bertz CT molecular complexity index is 1460. The van der Waals surface area contributed by atoms with E-state index >= 15 is 0 Å². The summed E-state index contributed by atoms with van der Waals surface area (Å²) in [4.78, 5) is 8.43. The van der Waals surface area contributed by atoms with E-state index < -0.39 is 0 Å². The van der Waals surface area contributed by atoms with Crippen LogP contribution in [0, 0.1) is 5.82 Å². The zero-order chi connectivity index (χ0) is 22.8. The van der Waals surface area contributed by atoms with E-state index in [0.717, 1.165) is 22.0 Å². The lowest BCUT2D eigenvalue weighted by Crippen LogP contribution is -1.99. The summed E-state index contributed by atoms with van der Waals surface area (Å²) < 4.78 is 18.9. The number of nitrogens with zero attached hydrogens (tertiary/aromatic N) is 3. The van der Waals surface area contributed by atoms with Gasteiger partial charge in [-0.3, -0.25) is 10.1 Å². The van der Waals surface area contributed by atoms with Gasteiger partial charge in [0.2, 0.25) is 5.88 Å². The summed E-state index contributed by atoms with van der Waals surface area (Å²) in [6.07, 6.45) is 4.99. The van der Waals surface area contributed by atoms with Crippen molar-refractivity contribution < 1.29 is 9.13 Å². The van der Waals surface area contributed by atoms with Gasteiger partial charge in [0.25, 0.3) is 0 Å². The van der Waals surface area contributed by atoms with E-state index in [9.17, 15) is 4.39 Å². The topological polar surface area (TPSA) is 102 Å². The second-order valence-electron chi connectivity index (χ2n) is 7.39. The second kappa shape index (κ2) is 8.43. The SMILES string of the molecule is C=C(Nc1ccc(Oc2cccc(F)c2)nc1)c1n[nH]c2ccc(-c3cncc(N)c3)cc12. The highest BCUT2D eigenvalue weighted by Gasteiger charge is 2.12. The fourth-order valence-corrected chi connectivity index (χ4v) is 3.44. The maximum atomic E-state index is 13.3. The third-order valence-electron chi connectivity index (χ3n) is 4.99. The first kappa shape index (κ1) is 20.2. The van der Waals surface area contributed by atoms with Crippen LogP contribution in [0.3, 0.4) is 0 Å². The predicted octanol–water partition coefficient (Wildman–Crippen LogP) is 5.62. The summed E-state index contributed by atoms with van der Waals surface area (Å²) in [5.41, 5.74) is 11.2. The van der Waals surface area contributed by atoms with E-state index in [2.05, 4.69) is 32.1 Å². The quantitative estimate of drug-likeness (QED) is 0.318. The number of hydrogen-bond acceptors (Lipinski definition) is 6. The molecule has 2 aromatic carbocycles. The maximum absolute atomic E-state index is 13.3. The van der Waals surface area contributed by atoms with Crippen LogP contribution in [-0.2, 0) is 0 Å². The number of fused-ring (bicyclic) bond motifs is 1. The standard InChI is InChI=1S/C25H19FN6O/c1-15(30-20-6-8-24(29-14-20)33-21-4-2-3-18(26)11-21)25-22-10-16(5-7-23(22)31-32-25)17-9-19(27)13-28-12-17/h2-14,30H,1,27H2,(H,31,32). The molecule has 5 aromatic rings. The molecule has 5 rings (SSSR count). The number of benzene rings is 2. The Kier molecular flexibility index (Phi) is 5.16. The molecule has 0 unspecified atom stereocenters. The minimum atomic E-state index is -0.372. The Labute approximate surface area is 188 Å². The minimum absolute atomic E-state index is 0.349. The van der Waals surface area contributed by atoms with Crippen molar-refractivity contribution in [2.75, 3.05) is 11.1 Å². The molecule has 33 heavy (non-hydrogen) atoms. The highest BCUT2D eigenvalue weighted by atomic mass is 19.1. The molecule has 0 amide bonds. The molecule has 0 saturated carbocycles. The lowest BCUT2D eigenvalue weighted by Gasteiger charge is -2.09. The van der Waals surface area contributed by atoms with E-state index in [-0.39, 0.29) is 5.82 Å². The van der Waals surface area contributed by atoms with Crippen LogP contribution >= 0.6 is 0 Å².